The minimum atomic E-state index is -0.198. The molecule has 0 spiro atoms. The first-order valence-electron chi connectivity index (χ1n) is 6.73. The highest BCUT2D eigenvalue weighted by Crippen LogP contribution is 2.22. The molecule has 1 amide bonds. The number of allylic oxidation sites excluding steroid dienone is 7. The molecular formula is C16H16Cl2N2O. The van der Waals surface area contributed by atoms with Gasteiger partial charge in [0.25, 0.3) is 0 Å². The average molecular weight is 323 g/mol. The third-order valence-corrected chi connectivity index (χ3v) is 3.64. The molecule has 1 aliphatic carbocycles. The molecule has 0 atom stereocenters. The van der Waals surface area contributed by atoms with Gasteiger partial charge in [-0.25, -0.2) is 0 Å². The van der Waals surface area contributed by atoms with Crippen LogP contribution in [-0.2, 0) is 4.79 Å². The summed E-state index contributed by atoms with van der Waals surface area (Å²) in [5.74, 6) is -0.198. The van der Waals surface area contributed by atoms with Crippen LogP contribution in [0.15, 0.2) is 62.8 Å². The Kier molecular flexibility index (Phi) is 6.03. The van der Waals surface area contributed by atoms with Crippen LogP contribution in [0.5, 0.6) is 0 Å². The molecule has 0 aromatic rings. The highest BCUT2D eigenvalue weighted by atomic mass is 35.5. The minimum Gasteiger partial charge on any atom is -0.352 e. The summed E-state index contributed by atoms with van der Waals surface area (Å²) in [4.78, 5) is 16.1. The number of amides is 1. The number of hydrogen-bond acceptors (Lipinski definition) is 2. The van der Waals surface area contributed by atoms with Crippen LogP contribution in [0.1, 0.15) is 19.3 Å². The lowest BCUT2D eigenvalue weighted by Gasteiger charge is -2.09. The number of carbonyl (C=O) groups excluding carboxylic acids is 1. The Morgan fingerprint density at radius 2 is 2.19 bits per heavy atom. The Hall–Kier alpha value is -1.58. The summed E-state index contributed by atoms with van der Waals surface area (Å²) >= 11 is 12.0. The van der Waals surface area contributed by atoms with Gasteiger partial charge in [-0.2, -0.15) is 0 Å². The number of carbonyl (C=O) groups is 1. The molecule has 21 heavy (non-hydrogen) atoms. The van der Waals surface area contributed by atoms with E-state index in [2.05, 4.69) is 28.5 Å². The minimum absolute atomic E-state index is 0.198. The summed E-state index contributed by atoms with van der Waals surface area (Å²) in [6.45, 7) is 0.557. The van der Waals surface area contributed by atoms with Crippen LogP contribution < -0.4 is 5.32 Å². The molecule has 0 saturated heterocycles. The third kappa shape index (κ3) is 5.03. The summed E-state index contributed by atoms with van der Waals surface area (Å²) in [5, 5.41) is 3.70. The Morgan fingerprint density at radius 1 is 1.33 bits per heavy atom. The summed E-state index contributed by atoms with van der Waals surface area (Å²) < 4.78 is 0. The van der Waals surface area contributed by atoms with Gasteiger partial charge in [-0.15, -0.1) is 0 Å². The first kappa shape index (κ1) is 15.8. The van der Waals surface area contributed by atoms with Gasteiger partial charge in [-0.1, -0.05) is 53.6 Å². The van der Waals surface area contributed by atoms with Crippen molar-refractivity contribution >= 4 is 35.3 Å². The van der Waals surface area contributed by atoms with E-state index in [9.17, 15) is 4.79 Å². The van der Waals surface area contributed by atoms with Crippen LogP contribution >= 0.6 is 23.2 Å². The fourth-order valence-electron chi connectivity index (χ4n) is 1.99. The predicted octanol–water partition coefficient (Wildman–Crippen LogP) is 3.98. The standard InChI is InChI=1S/C16H16Cl2N2O/c17-13-9-14(15(18)11-19-10-13)16(21)20-8-7-12-5-3-1-2-4-6-12/h1-3,5-6,10-11H,4,7-9H2,(H,20,21). The molecule has 0 saturated carbocycles. The average Bonchev–Trinajstić information content (AvgIpc) is 2.80. The molecule has 1 N–H and O–H groups in total. The van der Waals surface area contributed by atoms with Gasteiger partial charge in [0, 0.05) is 36.0 Å². The van der Waals surface area contributed by atoms with Gasteiger partial charge in [-0.05, 0) is 18.4 Å². The van der Waals surface area contributed by atoms with Crippen molar-refractivity contribution in [1.82, 2.24) is 5.32 Å². The highest BCUT2D eigenvalue weighted by Gasteiger charge is 2.16. The third-order valence-electron chi connectivity index (χ3n) is 3.08. The molecule has 110 valence electrons. The van der Waals surface area contributed by atoms with Crippen LogP contribution in [0.3, 0.4) is 0 Å². The molecular weight excluding hydrogens is 307 g/mol. The smallest absolute Gasteiger partial charge is 0.249 e. The highest BCUT2D eigenvalue weighted by molar-refractivity contribution is 6.42. The van der Waals surface area contributed by atoms with Gasteiger partial charge >= 0.3 is 0 Å². The number of nitrogens with zero attached hydrogens (tertiary/aromatic N) is 1. The van der Waals surface area contributed by atoms with Gasteiger partial charge < -0.3 is 5.32 Å². The molecule has 2 rings (SSSR count). The lowest BCUT2D eigenvalue weighted by Crippen LogP contribution is -2.27. The van der Waals surface area contributed by atoms with E-state index in [4.69, 9.17) is 23.2 Å². The van der Waals surface area contributed by atoms with E-state index >= 15 is 0 Å². The fraction of sp³-hybridized carbons (Fsp3) is 0.250. The number of rotatable bonds is 4. The SMILES string of the molecule is O=C(NCCC1=CCC=CC=C1)C1=C(Cl)C=NC=C(Cl)C1. The summed E-state index contributed by atoms with van der Waals surface area (Å²) in [6, 6.07) is 0. The van der Waals surface area contributed by atoms with Crippen molar-refractivity contribution in [3.8, 4) is 0 Å². The largest absolute Gasteiger partial charge is 0.352 e. The normalized spacial score (nSPS) is 18.0. The lowest BCUT2D eigenvalue weighted by atomic mass is 10.1. The summed E-state index contributed by atoms with van der Waals surface area (Å²) in [7, 11) is 0. The number of halogens is 2. The first-order valence-corrected chi connectivity index (χ1v) is 7.49. The molecule has 5 heteroatoms. The van der Waals surface area contributed by atoms with E-state index in [1.165, 1.54) is 18.0 Å². The second-order valence-corrected chi connectivity index (χ2v) is 5.56. The van der Waals surface area contributed by atoms with E-state index in [1.807, 2.05) is 12.2 Å². The maximum absolute atomic E-state index is 12.2. The molecule has 0 fully saturated rings. The van der Waals surface area contributed by atoms with Gasteiger partial charge in [0.2, 0.25) is 5.91 Å². The fourth-order valence-corrected chi connectivity index (χ4v) is 2.38. The van der Waals surface area contributed by atoms with E-state index in [0.29, 0.717) is 28.6 Å². The van der Waals surface area contributed by atoms with Crippen molar-refractivity contribution < 1.29 is 4.79 Å². The molecule has 1 heterocycles. The molecule has 0 aromatic carbocycles. The monoisotopic (exact) mass is 322 g/mol. The first-order chi connectivity index (χ1) is 10.2. The molecule has 2 aliphatic rings. The van der Waals surface area contributed by atoms with Crippen molar-refractivity contribution in [2.45, 2.75) is 19.3 Å². The molecule has 3 nitrogen and oxygen atoms in total. The van der Waals surface area contributed by atoms with E-state index in [0.717, 1.165) is 12.8 Å². The second kappa shape index (κ2) is 8.01. The van der Waals surface area contributed by atoms with E-state index in [-0.39, 0.29) is 5.91 Å². The summed E-state index contributed by atoms with van der Waals surface area (Å²) in [6.07, 6.45) is 15.3. The lowest BCUT2D eigenvalue weighted by molar-refractivity contribution is -0.117. The Bertz CT molecular complexity index is 595. The zero-order valence-corrected chi connectivity index (χ0v) is 13.0. The van der Waals surface area contributed by atoms with Crippen LogP contribution in [0.4, 0.5) is 0 Å². The molecule has 0 unspecified atom stereocenters. The van der Waals surface area contributed by atoms with E-state index in [1.54, 1.807) is 0 Å². The number of aliphatic imine (C=N–C) groups is 1. The van der Waals surface area contributed by atoms with E-state index < -0.39 is 0 Å². The maximum atomic E-state index is 12.2. The maximum Gasteiger partial charge on any atom is 0.249 e. The zero-order chi connectivity index (χ0) is 15.1. The van der Waals surface area contributed by atoms with Crippen LogP contribution in [0.2, 0.25) is 0 Å². The van der Waals surface area contributed by atoms with Gasteiger partial charge in [0.05, 0.1) is 5.03 Å². The quantitative estimate of drug-likeness (QED) is 0.835. The van der Waals surface area contributed by atoms with Gasteiger partial charge in [0.15, 0.2) is 0 Å². The second-order valence-electron chi connectivity index (χ2n) is 4.67. The molecule has 0 radical (unpaired) electrons. The van der Waals surface area contributed by atoms with Crippen molar-refractivity contribution in [2.75, 3.05) is 6.54 Å². The van der Waals surface area contributed by atoms with Crippen molar-refractivity contribution in [3.63, 3.8) is 0 Å². The molecule has 1 aliphatic heterocycles. The van der Waals surface area contributed by atoms with Crippen molar-refractivity contribution in [2.24, 2.45) is 4.99 Å². The van der Waals surface area contributed by atoms with Crippen LogP contribution in [-0.4, -0.2) is 18.7 Å². The zero-order valence-electron chi connectivity index (χ0n) is 11.5. The Morgan fingerprint density at radius 3 is 3.05 bits per heavy atom. The van der Waals surface area contributed by atoms with Crippen LogP contribution in [0, 0.1) is 0 Å². The van der Waals surface area contributed by atoms with Crippen molar-refractivity contribution in [3.05, 3.63) is 57.8 Å². The molecule has 0 bridgehead atoms. The van der Waals surface area contributed by atoms with Crippen LogP contribution in [0.25, 0.3) is 0 Å². The number of hydrogen-bond donors (Lipinski definition) is 1. The molecule has 0 aromatic heterocycles. The van der Waals surface area contributed by atoms with Gasteiger partial charge in [-0.3, -0.25) is 9.79 Å². The predicted molar refractivity (Wildman–Crippen MR) is 88.5 cm³/mol. The summed E-state index contributed by atoms with van der Waals surface area (Å²) in [5.41, 5.74) is 1.66. The van der Waals surface area contributed by atoms with Gasteiger partial charge in [0.1, 0.15) is 0 Å². The Balaban J connectivity index is 1.89. The van der Waals surface area contributed by atoms with Crippen molar-refractivity contribution in [1.29, 1.82) is 0 Å². The topological polar surface area (TPSA) is 41.5 Å². The number of nitrogens with one attached hydrogen (secondary N) is 1. The Labute approximate surface area is 134 Å².